The monoisotopic (exact) mass is 372 g/mol. The molecule has 0 aromatic heterocycles. The molecule has 148 valence electrons. The Hall–Kier alpha value is -2.34. The van der Waals surface area contributed by atoms with Gasteiger partial charge in [0.25, 0.3) is 0 Å². The number of nitrogens with zero attached hydrogens (tertiary/aromatic N) is 1. The molecule has 1 aliphatic rings. The molecule has 0 saturated carbocycles. The van der Waals surface area contributed by atoms with E-state index in [1.165, 1.54) is 0 Å². The van der Waals surface area contributed by atoms with E-state index < -0.39 is 0 Å². The first-order valence-electron chi connectivity index (χ1n) is 9.53. The molecule has 1 fully saturated rings. The summed E-state index contributed by atoms with van der Waals surface area (Å²) in [4.78, 5) is 26.6. The first kappa shape index (κ1) is 21.0. The van der Waals surface area contributed by atoms with Crippen LogP contribution in [0.4, 0.5) is 10.5 Å². The second-order valence-electron chi connectivity index (χ2n) is 7.66. The highest BCUT2D eigenvalue weighted by molar-refractivity contribution is 5.95. The number of hydrogen-bond donors (Lipinski definition) is 3. The normalized spacial score (nSPS) is 15.3. The summed E-state index contributed by atoms with van der Waals surface area (Å²) >= 11 is 0. The van der Waals surface area contributed by atoms with Crippen LogP contribution in [0.15, 0.2) is 24.3 Å². The fraction of sp³-hybridized carbons (Fsp3) is 0.524. The van der Waals surface area contributed by atoms with E-state index in [1.807, 2.05) is 39.8 Å². The molecule has 0 aliphatic carbocycles. The number of carbonyl (C=O) groups is 2. The molecule has 0 radical (unpaired) electrons. The van der Waals surface area contributed by atoms with Crippen molar-refractivity contribution in [3.8, 4) is 0 Å². The van der Waals surface area contributed by atoms with E-state index in [0.29, 0.717) is 0 Å². The van der Waals surface area contributed by atoms with Crippen molar-refractivity contribution in [1.82, 2.24) is 15.5 Å². The standard InChI is InChI=1S/C21H32N4O2/c1-14(2)13-25-8-6-18(7-9-25)23-21(27)22-12-19(26)24-20-16(4)10-15(3)11-17(20)5/h10-11,18H,1,6-9,12-13H2,2-5H3,(H,24,26)(H2,22,23,27). The number of nitrogens with one attached hydrogen (secondary N) is 3. The highest BCUT2D eigenvalue weighted by atomic mass is 16.2. The van der Waals surface area contributed by atoms with E-state index >= 15 is 0 Å². The van der Waals surface area contributed by atoms with Crippen molar-refractivity contribution in [3.63, 3.8) is 0 Å². The van der Waals surface area contributed by atoms with Crippen LogP contribution in [0.5, 0.6) is 0 Å². The number of benzene rings is 1. The van der Waals surface area contributed by atoms with Crippen LogP contribution in [-0.4, -0.2) is 49.1 Å². The number of urea groups is 1. The van der Waals surface area contributed by atoms with Crippen LogP contribution < -0.4 is 16.0 Å². The quantitative estimate of drug-likeness (QED) is 0.672. The van der Waals surface area contributed by atoms with E-state index in [-0.39, 0.29) is 24.5 Å². The van der Waals surface area contributed by atoms with Gasteiger partial charge >= 0.3 is 6.03 Å². The molecule has 0 unspecified atom stereocenters. The molecule has 1 aromatic carbocycles. The number of rotatable bonds is 6. The molecule has 0 bridgehead atoms. The van der Waals surface area contributed by atoms with Crippen molar-refractivity contribution in [3.05, 3.63) is 41.0 Å². The third kappa shape index (κ3) is 6.71. The molecule has 1 saturated heterocycles. The summed E-state index contributed by atoms with van der Waals surface area (Å²) in [7, 11) is 0. The predicted octanol–water partition coefficient (Wildman–Crippen LogP) is 2.89. The molecular formula is C21H32N4O2. The smallest absolute Gasteiger partial charge is 0.315 e. The molecule has 1 heterocycles. The minimum atomic E-state index is -0.291. The summed E-state index contributed by atoms with van der Waals surface area (Å²) in [6.07, 6.45) is 1.82. The molecular weight excluding hydrogens is 340 g/mol. The van der Waals surface area contributed by atoms with Crippen molar-refractivity contribution < 1.29 is 9.59 Å². The lowest BCUT2D eigenvalue weighted by Crippen LogP contribution is -2.49. The van der Waals surface area contributed by atoms with Gasteiger partial charge in [-0.2, -0.15) is 0 Å². The van der Waals surface area contributed by atoms with Crippen LogP contribution in [0.2, 0.25) is 0 Å². The molecule has 0 spiro atoms. The fourth-order valence-corrected chi connectivity index (χ4v) is 3.57. The van der Waals surface area contributed by atoms with Gasteiger partial charge < -0.3 is 16.0 Å². The second-order valence-corrected chi connectivity index (χ2v) is 7.66. The molecule has 1 aliphatic heterocycles. The number of carbonyl (C=O) groups excluding carboxylic acids is 2. The van der Waals surface area contributed by atoms with Crippen LogP contribution >= 0.6 is 0 Å². The van der Waals surface area contributed by atoms with Crippen molar-refractivity contribution in [2.75, 3.05) is 31.5 Å². The van der Waals surface area contributed by atoms with E-state index in [2.05, 4.69) is 27.4 Å². The number of anilines is 1. The average molecular weight is 373 g/mol. The van der Waals surface area contributed by atoms with Gasteiger partial charge in [-0.05, 0) is 51.7 Å². The van der Waals surface area contributed by atoms with Gasteiger partial charge in [-0.15, -0.1) is 0 Å². The second kappa shape index (κ2) is 9.55. The van der Waals surface area contributed by atoms with E-state index in [0.717, 1.165) is 60.4 Å². The zero-order valence-corrected chi connectivity index (χ0v) is 16.9. The summed E-state index contributed by atoms with van der Waals surface area (Å²) in [6, 6.07) is 3.92. The summed E-state index contributed by atoms with van der Waals surface area (Å²) in [5.74, 6) is -0.225. The minimum absolute atomic E-state index is 0.0485. The summed E-state index contributed by atoms with van der Waals surface area (Å²) < 4.78 is 0. The van der Waals surface area contributed by atoms with Gasteiger partial charge in [0.15, 0.2) is 0 Å². The maximum Gasteiger partial charge on any atom is 0.315 e. The molecule has 1 aromatic rings. The van der Waals surface area contributed by atoms with Crippen molar-refractivity contribution >= 4 is 17.6 Å². The Morgan fingerprint density at radius 2 is 1.74 bits per heavy atom. The van der Waals surface area contributed by atoms with Crippen molar-refractivity contribution in [2.45, 2.75) is 46.6 Å². The fourth-order valence-electron chi connectivity index (χ4n) is 3.57. The number of hydrogen-bond acceptors (Lipinski definition) is 3. The SMILES string of the molecule is C=C(C)CN1CCC(NC(=O)NCC(=O)Nc2c(C)cc(C)cc2C)CC1. The Kier molecular flexibility index (Phi) is 7.42. The van der Waals surface area contributed by atoms with E-state index in [9.17, 15) is 9.59 Å². The maximum atomic E-state index is 12.2. The largest absolute Gasteiger partial charge is 0.335 e. The third-order valence-electron chi connectivity index (χ3n) is 4.77. The Labute approximate surface area is 162 Å². The summed E-state index contributed by atoms with van der Waals surface area (Å²) in [5.41, 5.74) is 5.18. The van der Waals surface area contributed by atoms with E-state index in [1.54, 1.807) is 0 Å². The Bertz CT molecular complexity index is 683. The lowest BCUT2D eigenvalue weighted by atomic mass is 10.0. The van der Waals surface area contributed by atoms with Crippen LogP contribution in [-0.2, 0) is 4.79 Å². The van der Waals surface area contributed by atoms with Gasteiger partial charge in [-0.3, -0.25) is 9.69 Å². The Balaban J connectivity index is 1.73. The van der Waals surface area contributed by atoms with Gasteiger partial charge in [0, 0.05) is 31.4 Å². The maximum absolute atomic E-state index is 12.2. The van der Waals surface area contributed by atoms with Crippen LogP contribution in [0.25, 0.3) is 0 Å². The highest BCUT2D eigenvalue weighted by Gasteiger charge is 2.20. The number of amides is 3. The lowest BCUT2D eigenvalue weighted by molar-refractivity contribution is -0.115. The van der Waals surface area contributed by atoms with Crippen molar-refractivity contribution in [1.29, 1.82) is 0 Å². The van der Waals surface area contributed by atoms with Crippen LogP contribution in [0, 0.1) is 20.8 Å². The Morgan fingerprint density at radius 3 is 2.30 bits per heavy atom. The third-order valence-corrected chi connectivity index (χ3v) is 4.77. The Morgan fingerprint density at radius 1 is 1.15 bits per heavy atom. The van der Waals surface area contributed by atoms with Gasteiger partial charge in [0.1, 0.15) is 0 Å². The summed E-state index contributed by atoms with van der Waals surface area (Å²) in [5, 5.41) is 8.51. The average Bonchev–Trinajstić information content (AvgIpc) is 2.57. The zero-order chi connectivity index (χ0) is 20.0. The minimum Gasteiger partial charge on any atom is -0.335 e. The molecule has 6 nitrogen and oxygen atoms in total. The number of piperidine rings is 1. The lowest BCUT2D eigenvalue weighted by Gasteiger charge is -2.32. The molecule has 0 atom stereocenters. The highest BCUT2D eigenvalue weighted by Crippen LogP contribution is 2.21. The van der Waals surface area contributed by atoms with Gasteiger partial charge in [0.2, 0.25) is 5.91 Å². The first-order chi connectivity index (χ1) is 12.7. The topological polar surface area (TPSA) is 73.5 Å². The molecule has 6 heteroatoms. The number of likely N-dealkylation sites (tertiary alicyclic amines) is 1. The van der Waals surface area contributed by atoms with Gasteiger partial charge in [-0.1, -0.05) is 29.8 Å². The zero-order valence-electron chi connectivity index (χ0n) is 16.9. The molecule has 27 heavy (non-hydrogen) atoms. The molecule has 3 N–H and O–H groups in total. The van der Waals surface area contributed by atoms with Crippen LogP contribution in [0.1, 0.15) is 36.5 Å². The van der Waals surface area contributed by atoms with Crippen LogP contribution in [0.3, 0.4) is 0 Å². The molecule has 3 amide bonds. The van der Waals surface area contributed by atoms with E-state index in [4.69, 9.17) is 0 Å². The van der Waals surface area contributed by atoms with Gasteiger partial charge in [-0.25, -0.2) is 4.79 Å². The summed E-state index contributed by atoms with van der Waals surface area (Å²) in [6.45, 7) is 14.7. The predicted molar refractivity (Wildman–Crippen MR) is 110 cm³/mol. The van der Waals surface area contributed by atoms with Gasteiger partial charge in [0.05, 0.1) is 6.54 Å². The van der Waals surface area contributed by atoms with Crippen molar-refractivity contribution in [2.24, 2.45) is 0 Å². The first-order valence-corrected chi connectivity index (χ1v) is 9.53. The number of aryl methyl sites for hydroxylation is 3. The molecule has 2 rings (SSSR count).